The van der Waals surface area contributed by atoms with Crippen LogP contribution in [-0.4, -0.2) is 23.8 Å². The van der Waals surface area contributed by atoms with Crippen molar-refractivity contribution in [3.05, 3.63) is 0 Å². The predicted octanol–water partition coefficient (Wildman–Crippen LogP) is 2.95. The fourth-order valence-electron chi connectivity index (χ4n) is 2.45. The molecule has 1 fully saturated rings. The predicted molar refractivity (Wildman–Crippen MR) is 73.5 cm³/mol. The van der Waals surface area contributed by atoms with E-state index in [-0.39, 0.29) is 11.6 Å². The normalized spacial score (nSPS) is 19.3. The van der Waals surface area contributed by atoms with Gasteiger partial charge in [0.2, 0.25) is 0 Å². The number of carbonyl (C=O) groups is 1. The van der Waals surface area contributed by atoms with E-state index in [9.17, 15) is 4.79 Å². The van der Waals surface area contributed by atoms with Crippen LogP contribution in [0.5, 0.6) is 0 Å². The maximum absolute atomic E-state index is 11.4. The molecule has 1 rings (SSSR count). The summed E-state index contributed by atoms with van der Waals surface area (Å²) in [5, 5.41) is 2.78. The molecule has 4 heteroatoms. The SMILES string of the molecule is CC(C)(C)OC(=O)NCCCC1(N)CCCCC1. The van der Waals surface area contributed by atoms with Gasteiger partial charge in [0, 0.05) is 12.1 Å². The molecule has 0 atom stereocenters. The summed E-state index contributed by atoms with van der Waals surface area (Å²) in [6, 6.07) is 0. The molecule has 0 radical (unpaired) electrons. The van der Waals surface area contributed by atoms with Crippen molar-refractivity contribution in [2.75, 3.05) is 6.54 Å². The molecular formula is C14H28N2O2. The third kappa shape index (κ3) is 6.24. The van der Waals surface area contributed by atoms with Gasteiger partial charge in [-0.25, -0.2) is 4.79 Å². The lowest BCUT2D eigenvalue weighted by Crippen LogP contribution is -2.42. The Balaban J connectivity index is 2.12. The Morgan fingerprint density at radius 2 is 1.89 bits per heavy atom. The van der Waals surface area contributed by atoms with Crippen molar-refractivity contribution in [2.24, 2.45) is 5.73 Å². The summed E-state index contributed by atoms with van der Waals surface area (Å²) in [5.41, 5.74) is 5.91. The lowest BCUT2D eigenvalue weighted by Gasteiger charge is -2.33. The first-order valence-corrected chi connectivity index (χ1v) is 7.07. The Hall–Kier alpha value is -0.770. The van der Waals surface area contributed by atoms with Crippen molar-refractivity contribution in [2.45, 2.75) is 76.9 Å². The number of nitrogens with two attached hydrogens (primary N) is 1. The highest BCUT2D eigenvalue weighted by molar-refractivity contribution is 5.67. The van der Waals surface area contributed by atoms with Crippen LogP contribution in [-0.2, 0) is 4.74 Å². The first kappa shape index (κ1) is 15.3. The molecule has 0 aromatic heterocycles. The number of amides is 1. The first-order valence-electron chi connectivity index (χ1n) is 7.07. The average molecular weight is 256 g/mol. The third-order valence-electron chi connectivity index (χ3n) is 3.37. The van der Waals surface area contributed by atoms with Crippen LogP contribution >= 0.6 is 0 Å². The van der Waals surface area contributed by atoms with Crippen LogP contribution in [0.2, 0.25) is 0 Å². The van der Waals surface area contributed by atoms with Gasteiger partial charge in [0.05, 0.1) is 0 Å². The molecule has 0 aromatic rings. The number of nitrogens with one attached hydrogen (secondary N) is 1. The van der Waals surface area contributed by atoms with Crippen molar-refractivity contribution < 1.29 is 9.53 Å². The lowest BCUT2D eigenvalue weighted by atomic mass is 9.79. The quantitative estimate of drug-likeness (QED) is 0.760. The van der Waals surface area contributed by atoms with E-state index in [1.165, 1.54) is 19.3 Å². The Kier molecular flexibility index (Phi) is 5.45. The highest BCUT2D eigenvalue weighted by Gasteiger charge is 2.26. The van der Waals surface area contributed by atoms with Gasteiger partial charge in [0.1, 0.15) is 5.60 Å². The van der Waals surface area contributed by atoms with Crippen LogP contribution < -0.4 is 11.1 Å². The fraction of sp³-hybridized carbons (Fsp3) is 0.929. The van der Waals surface area contributed by atoms with Crippen LogP contribution in [0.4, 0.5) is 4.79 Å². The van der Waals surface area contributed by atoms with Crippen LogP contribution in [0.25, 0.3) is 0 Å². The first-order chi connectivity index (χ1) is 8.31. The molecule has 1 amide bonds. The van der Waals surface area contributed by atoms with Gasteiger partial charge in [-0.1, -0.05) is 19.3 Å². The van der Waals surface area contributed by atoms with Gasteiger partial charge < -0.3 is 15.8 Å². The number of alkyl carbamates (subject to hydrolysis) is 1. The van der Waals surface area contributed by atoms with Gasteiger partial charge in [0.25, 0.3) is 0 Å². The zero-order valence-electron chi connectivity index (χ0n) is 12.1. The van der Waals surface area contributed by atoms with Crippen LogP contribution in [0, 0.1) is 0 Å². The minimum atomic E-state index is -0.428. The summed E-state index contributed by atoms with van der Waals surface area (Å²) in [7, 11) is 0. The molecule has 0 saturated heterocycles. The summed E-state index contributed by atoms with van der Waals surface area (Å²) in [6.45, 7) is 6.24. The molecule has 0 bridgehead atoms. The van der Waals surface area contributed by atoms with E-state index in [1.807, 2.05) is 20.8 Å². The molecule has 0 spiro atoms. The van der Waals surface area contributed by atoms with Gasteiger partial charge in [-0.15, -0.1) is 0 Å². The number of ether oxygens (including phenoxy) is 1. The molecular weight excluding hydrogens is 228 g/mol. The van der Waals surface area contributed by atoms with E-state index in [2.05, 4.69) is 5.32 Å². The summed E-state index contributed by atoms with van der Waals surface area (Å²) in [6.07, 6.45) is 7.63. The smallest absolute Gasteiger partial charge is 0.407 e. The second kappa shape index (κ2) is 6.41. The molecule has 0 unspecified atom stereocenters. The highest BCUT2D eigenvalue weighted by Crippen LogP contribution is 2.29. The topological polar surface area (TPSA) is 64.3 Å². The molecule has 4 nitrogen and oxygen atoms in total. The molecule has 1 aliphatic carbocycles. The Bertz CT molecular complexity index is 265. The second-order valence-electron chi connectivity index (χ2n) is 6.46. The Labute approximate surface area is 111 Å². The summed E-state index contributed by atoms with van der Waals surface area (Å²) in [4.78, 5) is 11.4. The van der Waals surface area contributed by atoms with E-state index in [0.29, 0.717) is 6.54 Å². The average Bonchev–Trinajstić information content (AvgIpc) is 2.23. The fourth-order valence-corrected chi connectivity index (χ4v) is 2.45. The van der Waals surface area contributed by atoms with E-state index < -0.39 is 5.60 Å². The van der Waals surface area contributed by atoms with E-state index in [0.717, 1.165) is 25.7 Å². The molecule has 18 heavy (non-hydrogen) atoms. The van der Waals surface area contributed by atoms with Gasteiger partial charge in [-0.05, 0) is 46.5 Å². The number of rotatable bonds is 4. The van der Waals surface area contributed by atoms with Gasteiger partial charge in [-0.3, -0.25) is 0 Å². The van der Waals surface area contributed by atoms with Gasteiger partial charge in [0.15, 0.2) is 0 Å². The standard InChI is InChI=1S/C14H28N2O2/c1-13(2,3)18-12(17)16-11-7-10-14(15)8-5-4-6-9-14/h4-11,15H2,1-3H3,(H,16,17). The zero-order chi connectivity index (χ0) is 13.6. The van der Waals surface area contributed by atoms with Gasteiger partial charge >= 0.3 is 6.09 Å². The molecule has 3 N–H and O–H groups in total. The Morgan fingerprint density at radius 3 is 2.44 bits per heavy atom. The monoisotopic (exact) mass is 256 g/mol. The highest BCUT2D eigenvalue weighted by atomic mass is 16.6. The van der Waals surface area contributed by atoms with Crippen LogP contribution in [0.3, 0.4) is 0 Å². The summed E-state index contributed by atoms with van der Waals surface area (Å²) >= 11 is 0. The minimum Gasteiger partial charge on any atom is -0.444 e. The molecule has 0 heterocycles. The maximum Gasteiger partial charge on any atom is 0.407 e. The molecule has 1 aliphatic rings. The maximum atomic E-state index is 11.4. The van der Waals surface area contributed by atoms with Crippen molar-refractivity contribution in [1.29, 1.82) is 0 Å². The number of hydrogen-bond acceptors (Lipinski definition) is 3. The Morgan fingerprint density at radius 1 is 1.28 bits per heavy atom. The van der Waals surface area contributed by atoms with E-state index in [1.54, 1.807) is 0 Å². The minimum absolute atomic E-state index is 0.00780. The summed E-state index contributed by atoms with van der Waals surface area (Å²) in [5.74, 6) is 0. The van der Waals surface area contributed by atoms with Crippen molar-refractivity contribution in [3.63, 3.8) is 0 Å². The third-order valence-corrected chi connectivity index (χ3v) is 3.37. The van der Waals surface area contributed by atoms with E-state index >= 15 is 0 Å². The number of hydrogen-bond donors (Lipinski definition) is 2. The molecule has 0 aliphatic heterocycles. The van der Waals surface area contributed by atoms with Gasteiger partial charge in [-0.2, -0.15) is 0 Å². The van der Waals surface area contributed by atoms with Crippen molar-refractivity contribution in [3.8, 4) is 0 Å². The molecule has 106 valence electrons. The van der Waals surface area contributed by atoms with Crippen molar-refractivity contribution >= 4 is 6.09 Å². The largest absolute Gasteiger partial charge is 0.444 e. The van der Waals surface area contributed by atoms with E-state index in [4.69, 9.17) is 10.5 Å². The molecule has 1 saturated carbocycles. The van der Waals surface area contributed by atoms with Crippen molar-refractivity contribution in [1.82, 2.24) is 5.32 Å². The zero-order valence-corrected chi connectivity index (χ0v) is 12.1. The molecule has 0 aromatic carbocycles. The lowest BCUT2D eigenvalue weighted by molar-refractivity contribution is 0.0525. The van der Waals surface area contributed by atoms with Crippen LogP contribution in [0.15, 0.2) is 0 Å². The van der Waals surface area contributed by atoms with Crippen LogP contribution in [0.1, 0.15) is 65.7 Å². The number of carbonyl (C=O) groups excluding carboxylic acids is 1. The summed E-state index contributed by atoms with van der Waals surface area (Å²) < 4.78 is 5.17. The second-order valence-corrected chi connectivity index (χ2v) is 6.46.